The fraction of sp³-hybridized carbons (Fsp3) is 0.612. The van der Waals surface area contributed by atoms with E-state index in [0.29, 0.717) is 73.8 Å². The highest BCUT2D eigenvalue weighted by Gasteiger charge is 2.41. The Morgan fingerprint density at radius 2 is 1.52 bits per heavy atom. The molecular weight excluding hydrogens is 835 g/mol. The highest BCUT2D eigenvalue weighted by atomic mass is 32.1. The summed E-state index contributed by atoms with van der Waals surface area (Å²) in [5, 5.41) is 3.74. The minimum absolute atomic E-state index is 0.0119. The van der Waals surface area contributed by atoms with Crippen LogP contribution in [0.1, 0.15) is 143 Å². The summed E-state index contributed by atoms with van der Waals surface area (Å²) in [6, 6.07) is 13.1. The topological polar surface area (TPSA) is 172 Å². The summed E-state index contributed by atoms with van der Waals surface area (Å²) in [5.41, 5.74) is 6.80. The lowest BCUT2D eigenvalue weighted by atomic mass is 9.83. The van der Waals surface area contributed by atoms with Crippen molar-refractivity contribution in [3.63, 3.8) is 0 Å². The minimum Gasteiger partial charge on any atom is -0.494 e. The Kier molecular flexibility index (Phi) is 19.9. The SMILES string of the molecule is CC(N)c1cccc(OCCCCCOCCCOCCOc2cccc(C(=O)c3cnc(C4CCCN4C(=O)[C@@H](NC(=O)C(C)N(C)C(=O)OC(C)(C)C)C4CCCCC4)s3)c2)c1. The molecule has 5 rings (SSSR count). The normalized spacial score (nSPS) is 17.0. The highest BCUT2D eigenvalue weighted by molar-refractivity contribution is 7.13. The smallest absolute Gasteiger partial charge is 0.410 e. The largest absolute Gasteiger partial charge is 0.494 e. The molecule has 352 valence electrons. The molecule has 64 heavy (non-hydrogen) atoms. The number of carbonyl (C=O) groups is 4. The summed E-state index contributed by atoms with van der Waals surface area (Å²) in [6.45, 7) is 12.8. The van der Waals surface area contributed by atoms with Gasteiger partial charge < -0.3 is 39.6 Å². The maximum Gasteiger partial charge on any atom is 0.410 e. The molecule has 4 atom stereocenters. The van der Waals surface area contributed by atoms with Gasteiger partial charge in [-0.25, -0.2) is 9.78 Å². The van der Waals surface area contributed by atoms with Crippen molar-refractivity contribution in [2.75, 3.05) is 53.2 Å². The molecule has 3 amide bonds. The second-order valence-electron chi connectivity index (χ2n) is 18.0. The van der Waals surface area contributed by atoms with E-state index < -0.39 is 29.7 Å². The van der Waals surface area contributed by atoms with Crippen LogP contribution in [0.25, 0.3) is 0 Å². The number of aromatic nitrogens is 1. The second-order valence-corrected chi connectivity index (χ2v) is 19.0. The van der Waals surface area contributed by atoms with Gasteiger partial charge in [0.1, 0.15) is 40.8 Å². The van der Waals surface area contributed by atoms with Crippen molar-refractivity contribution in [1.82, 2.24) is 20.1 Å². The van der Waals surface area contributed by atoms with Gasteiger partial charge >= 0.3 is 6.09 Å². The number of nitrogens with zero attached hydrogens (tertiary/aromatic N) is 3. The maximum atomic E-state index is 14.4. The first-order chi connectivity index (χ1) is 30.7. The molecule has 2 heterocycles. The van der Waals surface area contributed by atoms with Gasteiger partial charge in [0.05, 0.1) is 24.1 Å². The number of likely N-dealkylation sites (tertiary alicyclic amines) is 1. The number of hydrogen-bond acceptors (Lipinski definition) is 12. The number of carbonyl (C=O) groups excluding carboxylic acids is 4. The standard InChI is InChI=1S/C49H71N5O9S/c1-34(50)37-19-13-21-39(31-37)61-28-12-8-11-25-59-26-16-27-60-29-30-62-40-22-14-20-38(32-40)44(55)42-33-51-46(64-42)41-23-15-24-54(41)47(57)43(36-17-9-7-10-18-36)52-45(56)35(2)53(6)48(58)63-49(3,4)5/h13-14,19-22,31-36,41,43H,7-12,15-18,23-30,50H2,1-6H3,(H,52,56)/t34?,35?,41?,43-/m0/s1. The van der Waals surface area contributed by atoms with E-state index in [2.05, 4.69) is 10.3 Å². The molecule has 2 aromatic carbocycles. The van der Waals surface area contributed by atoms with Gasteiger partial charge in [0.25, 0.3) is 0 Å². The van der Waals surface area contributed by atoms with Crippen LogP contribution in [-0.4, -0.2) is 109 Å². The molecule has 3 aromatic rings. The molecule has 2 aliphatic rings. The van der Waals surface area contributed by atoms with Crippen LogP contribution in [0.15, 0.2) is 54.7 Å². The van der Waals surface area contributed by atoms with Crippen molar-refractivity contribution in [3.8, 4) is 11.5 Å². The lowest BCUT2D eigenvalue weighted by Gasteiger charge is -2.36. The Morgan fingerprint density at radius 1 is 0.844 bits per heavy atom. The van der Waals surface area contributed by atoms with Gasteiger partial charge in [0, 0.05) is 51.2 Å². The van der Waals surface area contributed by atoms with E-state index in [1.807, 2.05) is 42.2 Å². The van der Waals surface area contributed by atoms with Gasteiger partial charge in [-0.1, -0.05) is 43.5 Å². The van der Waals surface area contributed by atoms with Gasteiger partial charge in [-0.3, -0.25) is 19.3 Å². The first-order valence-electron chi connectivity index (χ1n) is 23.2. The molecule has 0 radical (unpaired) electrons. The number of nitrogens with two attached hydrogens (primary N) is 1. The van der Waals surface area contributed by atoms with E-state index in [4.69, 9.17) is 29.4 Å². The molecule has 1 aromatic heterocycles. The van der Waals surface area contributed by atoms with Crippen molar-refractivity contribution in [3.05, 3.63) is 75.7 Å². The molecule has 14 nitrogen and oxygen atoms in total. The number of ketones is 1. The van der Waals surface area contributed by atoms with Crippen molar-refractivity contribution in [2.24, 2.45) is 11.7 Å². The van der Waals surface area contributed by atoms with Gasteiger partial charge in [0.15, 0.2) is 0 Å². The van der Waals surface area contributed by atoms with Gasteiger partial charge in [0.2, 0.25) is 17.6 Å². The fourth-order valence-electron chi connectivity index (χ4n) is 7.92. The summed E-state index contributed by atoms with van der Waals surface area (Å²) < 4.78 is 28.8. The lowest BCUT2D eigenvalue weighted by molar-refractivity contribution is -0.140. The van der Waals surface area contributed by atoms with E-state index in [9.17, 15) is 19.2 Å². The Bertz CT molecular complexity index is 1940. The Balaban J connectivity index is 1.03. The molecule has 1 saturated carbocycles. The molecule has 0 bridgehead atoms. The van der Waals surface area contributed by atoms with Crippen LogP contribution in [0.4, 0.5) is 4.79 Å². The van der Waals surface area contributed by atoms with E-state index in [0.717, 1.165) is 75.5 Å². The quantitative estimate of drug-likeness (QED) is 0.0653. The van der Waals surface area contributed by atoms with Crippen LogP contribution >= 0.6 is 11.3 Å². The number of ether oxygens (including phenoxy) is 5. The van der Waals surface area contributed by atoms with Crippen LogP contribution in [0.3, 0.4) is 0 Å². The predicted octanol–water partition coefficient (Wildman–Crippen LogP) is 8.43. The molecule has 15 heteroatoms. The Hall–Kier alpha value is -4.57. The summed E-state index contributed by atoms with van der Waals surface area (Å²) >= 11 is 1.30. The average molecular weight is 906 g/mol. The number of likely N-dealkylation sites (N-methyl/N-ethyl adjacent to an activating group) is 1. The Labute approximate surface area is 383 Å². The number of benzene rings is 2. The molecule has 1 aliphatic heterocycles. The molecule has 2 fully saturated rings. The zero-order chi connectivity index (χ0) is 46.1. The second kappa shape index (κ2) is 25.2. The molecular formula is C49H71N5O9S. The number of hydrogen-bond donors (Lipinski definition) is 2. The number of thiazole rings is 1. The van der Waals surface area contributed by atoms with E-state index in [1.54, 1.807) is 52.1 Å². The summed E-state index contributed by atoms with van der Waals surface area (Å²) in [5.74, 6) is 0.681. The van der Waals surface area contributed by atoms with Gasteiger partial charge in [-0.05, 0) is 122 Å². The van der Waals surface area contributed by atoms with Crippen LogP contribution in [0.5, 0.6) is 11.5 Å². The van der Waals surface area contributed by atoms with Crippen molar-refractivity contribution < 1.29 is 42.9 Å². The Morgan fingerprint density at radius 3 is 2.25 bits per heavy atom. The van der Waals surface area contributed by atoms with Crippen LogP contribution in [-0.2, 0) is 23.8 Å². The van der Waals surface area contributed by atoms with E-state index >= 15 is 0 Å². The molecule has 1 saturated heterocycles. The van der Waals surface area contributed by atoms with E-state index in [-0.39, 0.29) is 29.7 Å². The van der Waals surface area contributed by atoms with Gasteiger partial charge in [-0.15, -0.1) is 11.3 Å². The molecule has 1 aliphatic carbocycles. The van der Waals surface area contributed by atoms with E-state index in [1.165, 1.54) is 23.3 Å². The lowest BCUT2D eigenvalue weighted by Crippen LogP contribution is -2.56. The number of unbranched alkanes of at least 4 members (excludes halogenated alkanes) is 2. The maximum absolute atomic E-state index is 14.4. The predicted molar refractivity (Wildman–Crippen MR) is 248 cm³/mol. The van der Waals surface area contributed by atoms with Crippen LogP contribution in [0, 0.1) is 5.92 Å². The van der Waals surface area contributed by atoms with Crippen molar-refractivity contribution in [2.45, 2.75) is 135 Å². The number of rotatable bonds is 24. The first kappa shape index (κ1) is 50.4. The summed E-state index contributed by atoms with van der Waals surface area (Å²) in [6.07, 6.45) is 11.0. The zero-order valence-corrected chi connectivity index (χ0v) is 39.6. The van der Waals surface area contributed by atoms with Crippen LogP contribution in [0.2, 0.25) is 0 Å². The monoisotopic (exact) mass is 905 g/mol. The minimum atomic E-state index is -0.848. The number of nitrogens with one attached hydrogen (secondary N) is 1. The number of amides is 3. The highest BCUT2D eigenvalue weighted by Crippen LogP contribution is 2.37. The van der Waals surface area contributed by atoms with Crippen LogP contribution < -0.4 is 20.5 Å². The fourth-order valence-corrected chi connectivity index (χ4v) is 8.95. The third-order valence-corrected chi connectivity index (χ3v) is 12.7. The summed E-state index contributed by atoms with van der Waals surface area (Å²) in [4.78, 5) is 62.7. The molecule has 3 unspecified atom stereocenters. The van der Waals surface area contributed by atoms with Crippen molar-refractivity contribution >= 4 is 35.0 Å². The molecule has 0 spiro atoms. The summed E-state index contributed by atoms with van der Waals surface area (Å²) in [7, 11) is 1.53. The van der Waals surface area contributed by atoms with Crippen molar-refractivity contribution in [1.29, 1.82) is 0 Å². The average Bonchev–Trinajstić information content (AvgIpc) is 3.98. The zero-order valence-electron chi connectivity index (χ0n) is 38.8. The van der Waals surface area contributed by atoms with Gasteiger partial charge in [-0.2, -0.15) is 0 Å². The third kappa shape index (κ3) is 15.6. The third-order valence-electron chi connectivity index (χ3n) is 11.7. The first-order valence-corrected chi connectivity index (χ1v) is 24.0. The molecule has 3 N–H and O–H groups in total.